The van der Waals surface area contributed by atoms with E-state index >= 15 is 0 Å². The standard InChI is InChI=1S/C27H42O5/c1-15(6-11-22(29)30-5)20-9-10-21-19-8-7-17-14-18(31-16(2)28)12-13-26(17,3)23(19)24-25(32-24)27(20,21)4/h15,17-21,23-25H,6-14H2,1-5H3/t15-,17+,18+,19-,20-,21+,23-,24-,25-,26-,27-/m0/s1. The number of methoxy groups -OCH3 is 1. The fourth-order valence-electron chi connectivity index (χ4n) is 9.54. The number of ether oxygens (including phenoxy) is 3. The second kappa shape index (κ2) is 7.99. The molecular weight excluding hydrogens is 404 g/mol. The van der Waals surface area contributed by atoms with Gasteiger partial charge in [-0.25, -0.2) is 0 Å². The molecule has 11 atom stereocenters. The van der Waals surface area contributed by atoms with Crippen LogP contribution in [0, 0.1) is 46.3 Å². The maximum atomic E-state index is 11.7. The van der Waals surface area contributed by atoms with Crippen LogP contribution in [0.1, 0.15) is 85.5 Å². The first-order chi connectivity index (χ1) is 15.2. The van der Waals surface area contributed by atoms with E-state index in [0.29, 0.717) is 47.7 Å². The van der Waals surface area contributed by atoms with E-state index in [4.69, 9.17) is 14.2 Å². The largest absolute Gasteiger partial charge is 0.469 e. The summed E-state index contributed by atoms with van der Waals surface area (Å²) < 4.78 is 17.1. The van der Waals surface area contributed by atoms with Crippen molar-refractivity contribution in [3.63, 3.8) is 0 Å². The van der Waals surface area contributed by atoms with E-state index < -0.39 is 0 Å². The average molecular weight is 447 g/mol. The highest BCUT2D eigenvalue weighted by Crippen LogP contribution is 2.73. The maximum absolute atomic E-state index is 11.7. The predicted octanol–water partition coefficient (Wildman–Crippen LogP) is 5.15. The number of hydrogen-bond acceptors (Lipinski definition) is 5. The number of fused-ring (bicyclic) bond motifs is 8. The van der Waals surface area contributed by atoms with Gasteiger partial charge in [-0.1, -0.05) is 20.8 Å². The lowest BCUT2D eigenvalue weighted by Gasteiger charge is -2.59. The van der Waals surface area contributed by atoms with Crippen LogP contribution >= 0.6 is 0 Å². The second-order valence-electron chi connectivity index (χ2n) is 12.2. The van der Waals surface area contributed by atoms with Crippen LogP contribution in [-0.2, 0) is 23.8 Å². The molecule has 5 nitrogen and oxygen atoms in total. The molecule has 0 aromatic rings. The van der Waals surface area contributed by atoms with Gasteiger partial charge in [0.25, 0.3) is 0 Å². The molecule has 1 heterocycles. The quantitative estimate of drug-likeness (QED) is 0.431. The molecule has 0 aromatic carbocycles. The van der Waals surface area contributed by atoms with Crippen LogP contribution < -0.4 is 0 Å². The van der Waals surface area contributed by atoms with Crippen molar-refractivity contribution in [3.05, 3.63) is 0 Å². The number of rotatable bonds is 5. The summed E-state index contributed by atoms with van der Waals surface area (Å²) in [5, 5.41) is 0. The molecule has 5 rings (SSSR count). The van der Waals surface area contributed by atoms with Gasteiger partial charge in [0.15, 0.2) is 0 Å². The zero-order valence-electron chi connectivity index (χ0n) is 20.6. The van der Waals surface area contributed by atoms with E-state index in [1.807, 2.05) is 0 Å². The molecule has 1 saturated heterocycles. The molecule has 0 amide bonds. The highest BCUT2D eigenvalue weighted by Gasteiger charge is 2.73. The van der Waals surface area contributed by atoms with Crippen LogP contribution in [0.25, 0.3) is 0 Å². The van der Waals surface area contributed by atoms with Crippen molar-refractivity contribution < 1.29 is 23.8 Å². The van der Waals surface area contributed by atoms with Crippen molar-refractivity contribution in [3.8, 4) is 0 Å². The summed E-state index contributed by atoms with van der Waals surface area (Å²) in [6, 6.07) is 0. The highest BCUT2D eigenvalue weighted by molar-refractivity contribution is 5.69. The van der Waals surface area contributed by atoms with Gasteiger partial charge in [-0.3, -0.25) is 9.59 Å². The van der Waals surface area contributed by atoms with Gasteiger partial charge < -0.3 is 14.2 Å². The first-order valence-corrected chi connectivity index (χ1v) is 13.1. The monoisotopic (exact) mass is 446 g/mol. The Labute approximate surface area is 193 Å². The molecule has 5 aliphatic rings. The molecule has 5 fully saturated rings. The Hall–Kier alpha value is -1.10. The Morgan fingerprint density at radius 1 is 1.12 bits per heavy atom. The Morgan fingerprint density at radius 2 is 1.91 bits per heavy atom. The third-order valence-corrected chi connectivity index (χ3v) is 11.0. The Bertz CT molecular complexity index is 765. The third kappa shape index (κ3) is 3.35. The maximum Gasteiger partial charge on any atom is 0.305 e. The smallest absolute Gasteiger partial charge is 0.305 e. The first-order valence-electron chi connectivity index (χ1n) is 13.1. The third-order valence-electron chi connectivity index (χ3n) is 11.0. The van der Waals surface area contributed by atoms with Crippen LogP contribution in [-0.4, -0.2) is 37.4 Å². The SMILES string of the molecule is COC(=O)CC[C@H](C)[C@@H]1CC[C@@H]2[C@@H]3CC[C@@H]4C[C@H](OC(C)=O)CC[C@]4(C)[C@@H]3[C@@H]3O[C@@H]3[C@]21C. The van der Waals surface area contributed by atoms with Gasteiger partial charge in [-0.15, -0.1) is 0 Å². The summed E-state index contributed by atoms with van der Waals surface area (Å²) in [5.74, 6) is 3.74. The Kier molecular flexibility index (Phi) is 5.66. The zero-order valence-corrected chi connectivity index (χ0v) is 20.6. The van der Waals surface area contributed by atoms with Crippen molar-refractivity contribution in [2.75, 3.05) is 7.11 Å². The minimum absolute atomic E-state index is 0.0867. The molecule has 5 heteroatoms. The molecule has 0 radical (unpaired) electrons. The predicted molar refractivity (Wildman–Crippen MR) is 121 cm³/mol. The molecule has 4 aliphatic carbocycles. The molecular formula is C27H42O5. The van der Waals surface area contributed by atoms with Crippen LogP contribution in [0.4, 0.5) is 0 Å². The van der Waals surface area contributed by atoms with E-state index in [9.17, 15) is 9.59 Å². The Balaban J connectivity index is 1.33. The zero-order chi connectivity index (χ0) is 22.8. The lowest BCUT2D eigenvalue weighted by Crippen LogP contribution is -2.57. The fraction of sp³-hybridized carbons (Fsp3) is 0.926. The summed E-state index contributed by atoms with van der Waals surface area (Å²) in [6.07, 6.45) is 10.7. The van der Waals surface area contributed by atoms with E-state index in [1.54, 1.807) is 0 Å². The van der Waals surface area contributed by atoms with Crippen molar-refractivity contribution in [2.45, 2.75) is 104 Å². The summed E-state index contributed by atoms with van der Waals surface area (Å²) >= 11 is 0. The molecule has 4 saturated carbocycles. The number of hydrogen-bond donors (Lipinski definition) is 0. The molecule has 0 spiro atoms. The summed E-state index contributed by atoms with van der Waals surface area (Å²) in [7, 11) is 1.49. The van der Waals surface area contributed by atoms with Gasteiger partial charge in [0.2, 0.25) is 0 Å². The van der Waals surface area contributed by atoms with Crippen LogP contribution in [0.3, 0.4) is 0 Å². The molecule has 0 unspecified atom stereocenters. The lowest BCUT2D eigenvalue weighted by molar-refractivity contribution is -0.158. The highest BCUT2D eigenvalue weighted by atomic mass is 16.6. The van der Waals surface area contributed by atoms with E-state index in [-0.39, 0.29) is 23.5 Å². The molecule has 1 aliphatic heterocycles. The van der Waals surface area contributed by atoms with Gasteiger partial charge >= 0.3 is 11.9 Å². The number of carbonyl (C=O) groups is 2. The van der Waals surface area contributed by atoms with Crippen LogP contribution in [0.2, 0.25) is 0 Å². The molecule has 180 valence electrons. The van der Waals surface area contributed by atoms with Crippen molar-refractivity contribution in [1.29, 1.82) is 0 Å². The number of carbonyl (C=O) groups excluding carboxylic acids is 2. The summed E-state index contributed by atoms with van der Waals surface area (Å²) in [4.78, 5) is 23.2. The minimum atomic E-state index is -0.135. The van der Waals surface area contributed by atoms with Gasteiger partial charge in [0, 0.05) is 18.8 Å². The second-order valence-corrected chi connectivity index (χ2v) is 12.2. The molecule has 0 aromatic heterocycles. The first kappa shape index (κ1) is 22.7. The Morgan fingerprint density at radius 3 is 2.62 bits per heavy atom. The average Bonchev–Trinajstić information content (AvgIpc) is 3.47. The fourth-order valence-corrected chi connectivity index (χ4v) is 9.54. The molecule has 0 bridgehead atoms. The van der Waals surface area contributed by atoms with E-state index in [0.717, 1.165) is 37.5 Å². The van der Waals surface area contributed by atoms with Crippen molar-refractivity contribution in [1.82, 2.24) is 0 Å². The topological polar surface area (TPSA) is 65.1 Å². The van der Waals surface area contributed by atoms with Gasteiger partial charge in [0.1, 0.15) is 6.10 Å². The van der Waals surface area contributed by atoms with Crippen molar-refractivity contribution >= 4 is 11.9 Å². The summed E-state index contributed by atoms with van der Waals surface area (Å²) in [6.45, 7) is 8.94. The van der Waals surface area contributed by atoms with Gasteiger partial charge in [0.05, 0.1) is 19.3 Å². The summed E-state index contributed by atoms with van der Waals surface area (Å²) in [5.41, 5.74) is 0.564. The van der Waals surface area contributed by atoms with E-state index in [2.05, 4.69) is 20.8 Å². The molecule has 0 N–H and O–H groups in total. The van der Waals surface area contributed by atoms with Gasteiger partial charge in [-0.05, 0) is 92.3 Å². The van der Waals surface area contributed by atoms with E-state index in [1.165, 1.54) is 39.7 Å². The molecule has 32 heavy (non-hydrogen) atoms. The number of esters is 2. The van der Waals surface area contributed by atoms with Crippen molar-refractivity contribution in [2.24, 2.45) is 46.3 Å². The minimum Gasteiger partial charge on any atom is -0.469 e. The van der Waals surface area contributed by atoms with Crippen LogP contribution in [0.15, 0.2) is 0 Å². The van der Waals surface area contributed by atoms with Crippen LogP contribution in [0.5, 0.6) is 0 Å². The number of epoxide rings is 1. The lowest BCUT2D eigenvalue weighted by atomic mass is 9.44. The van der Waals surface area contributed by atoms with Gasteiger partial charge in [-0.2, -0.15) is 0 Å². The normalized spacial score (nSPS) is 49.7.